The minimum absolute atomic E-state index is 0.238. The predicted octanol–water partition coefficient (Wildman–Crippen LogP) is 1.68. The molecule has 0 amide bonds. The van der Waals surface area contributed by atoms with Gasteiger partial charge in [0, 0.05) is 17.3 Å². The summed E-state index contributed by atoms with van der Waals surface area (Å²) in [5.41, 5.74) is 6.64. The normalized spacial score (nSPS) is 17.5. The smallest absolute Gasteiger partial charge is 0.126 e. The van der Waals surface area contributed by atoms with Crippen LogP contribution in [0.2, 0.25) is 0 Å². The van der Waals surface area contributed by atoms with Gasteiger partial charge in [0.2, 0.25) is 0 Å². The molecular formula is C10H13N3S. The molecule has 0 bridgehead atoms. The van der Waals surface area contributed by atoms with Crippen molar-refractivity contribution < 1.29 is 0 Å². The molecule has 0 spiro atoms. The lowest BCUT2D eigenvalue weighted by atomic mass is 10.2. The maximum absolute atomic E-state index is 5.54. The number of nitrogens with two attached hydrogens (primary N) is 1. The van der Waals surface area contributed by atoms with E-state index in [1.54, 1.807) is 6.20 Å². The summed E-state index contributed by atoms with van der Waals surface area (Å²) < 4.78 is 0. The average molecular weight is 207 g/mol. The molecule has 1 aliphatic rings. The molecule has 3 nitrogen and oxygen atoms in total. The van der Waals surface area contributed by atoms with Crippen LogP contribution in [0.3, 0.4) is 0 Å². The second-order valence-electron chi connectivity index (χ2n) is 3.98. The molecule has 0 aromatic carbocycles. The second-order valence-corrected chi connectivity index (χ2v) is 4.42. The number of anilines is 1. The van der Waals surface area contributed by atoms with E-state index >= 15 is 0 Å². The third kappa shape index (κ3) is 2.01. The molecule has 1 saturated carbocycles. The zero-order valence-corrected chi connectivity index (χ0v) is 8.90. The lowest BCUT2D eigenvalue weighted by Gasteiger charge is -2.12. The summed E-state index contributed by atoms with van der Waals surface area (Å²) >= 11 is 4.90. The van der Waals surface area contributed by atoms with Crippen LogP contribution >= 0.6 is 12.2 Å². The van der Waals surface area contributed by atoms with Crippen LogP contribution in [0.1, 0.15) is 25.3 Å². The molecule has 3 N–H and O–H groups in total. The zero-order valence-electron chi connectivity index (χ0n) is 8.08. The summed E-state index contributed by atoms with van der Waals surface area (Å²) in [5.74, 6) is 0.857. The monoisotopic (exact) mass is 207 g/mol. The lowest BCUT2D eigenvalue weighted by molar-refractivity contribution is 0.821. The molecule has 2 rings (SSSR count). The summed E-state index contributed by atoms with van der Waals surface area (Å²) in [4.78, 5) is 4.63. The van der Waals surface area contributed by atoms with Gasteiger partial charge in [0.25, 0.3) is 0 Å². The highest BCUT2D eigenvalue weighted by atomic mass is 32.1. The van der Waals surface area contributed by atoms with Crippen molar-refractivity contribution in [3.05, 3.63) is 23.9 Å². The van der Waals surface area contributed by atoms with Crippen LogP contribution in [-0.2, 0) is 0 Å². The molecule has 0 radical (unpaired) electrons. The number of thiocarbonyl (C=S) groups is 1. The molecule has 1 fully saturated rings. The Bertz CT molecular complexity index is 371. The van der Waals surface area contributed by atoms with Crippen molar-refractivity contribution in [2.45, 2.75) is 25.3 Å². The van der Waals surface area contributed by atoms with Crippen LogP contribution in [0, 0.1) is 0 Å². The highest BCUT2D eigenvalue weighted by Gasteiger charge is 2.37. The van der Waals surface area contributed by atoms with E-state index in [4.69, 9.17) is 18.0 Å². The van der Waals surface area contributed by atoms with Gasteiger partial charge >= 0.3 is 0 Å². The average Bonchev–Trinajstić information content (AvgIpc) is 2.83. The highest BCUT2D eigenvalue weighted by Crippen LogP contribution is 2.37. The van der Waals surface area contributed by atoms with Crippen molar-refractivity contribution in [2.75, 3.05) is 5.32 Å². The van der Waals surface area contributed by atoms with Gasteiger partial charge in [-0.05, 0) is 31.9 Å². The minimum atomic E-state index is 0.238. The lowest BCUT2D eigenvalue weighted by Crippen LogP contribution is -2.18. The molecule has 0 atom stereocenters. The van der Waals surface area contributed by atoms with Crippen LogP contribution in [0.15, 0.2) is 18.3 Å². The number of aromatic nitrogens is 1. The SMILES string of the molecule is CC1(Nc2cc(C(N)=S)ccn2)CC1. The van der Waals surface area contributed by atoms with Crippen LogP contribution in [0.25, 0.3) is 0 Å². The predicted molar refractivity (Wildman–Crippen MR) is 61.4 cm³/mol. The van der Waals surface area contributed by atoms with Crippen molar-refractivity contribution in [1.29, 1.82) is 0 Å². The topological polar surface area (TPSA) is 50.9 Å². The molecule has 0 saturated heterocycles. The fraction of sp³-hybridized carbons (Fsp3) is 0.400. The highest BCUT2D eigenvalue weighted by molar-refractivity contribution is 7.80. The van der Waals surface area contributed by atoms with E-state index in [0.717, 1.165) is 11.4 Å². The quantitative estimate of drug-likeness (QED) is 0.740. The molecule has 74 valence electrons. The molecule has 4 heteroatoms. The number of hydrogen-bond donors (Lipinski definition) is 2. The van der Waals surface area contributed by atoms with Gasteiger partial charge in [-0.2, -0.15) is 0 Å². The Kier molecular flexibility index (Phi) is 2.15. The number of hydrogen-bond acceptors (Lipinski definition) is 3. The summed E-state index contributed by atoms with van der Waals surface area (Å²) in [6, 6.07) is 3.72. The van der Waals surface area contributed by atoms with Gasteiger partial charge in [-0.25, -0.2) is 4.98 Å². The van der Waals surface area contributed by atoms with Crippen LogP contribution in [0.4, 0.5) is 5.82 Å². The van der Waals surface area contributed by atoms with E-state index in [1.165, 1.54) is 12.8 Å². The first-order valence-corrected chi connectivity index (χ1v) is 5.04. The molecule has 1 aromatic rings. The van der Waals surface area contributed by atoms with Gasteiger partial charge in [-0.1, -0.05) is 12.2 Å². The fourth-order valence-electron chi connectivity index (χ4n) is 1.27. The zero-order chi connectivity index (χ0) is 10.2. The third-order valence-corrected chi connectivity index (χ3v) is 2.71. The molecule has 0 aliphatic heterocycles. The molecule has 14 heavy (non-hydrogen) atoms. The summed E-state index contributed by atoms with van der Waals surface area (Å²) in [6.45, 7) is 2.18. The second kappa shape index (κ2) is 3.20. The van der Waals surface area contributed by atoms with Crippen molar-refractivity contribution in [3.8, 4) is 0 Å². The first-order chi connectivity index (χ1) is 6.59. The number of rotatable bonds is 3. The Morgan fingerprint density at radius 2 is 2.36 bits per heavy atom. The number of nitrogens with one attached hydrogen (secondary N) is 1. The first kappa shape index (κ1) is 9.40. The molecule has 1 aliphatic carbocycles. The van der Waals surface area contributed by atoms with Crippen molar-refractivity contribution in [1.82, 2.24) is 4.98 Å². The van der Waals surface area contributed by atoms with Crippen molar-refractivity contribution in [2.24, 2.45) is 5.73 Å². The number of nitrogens with zero attached hydrogens (tertiary/aromatic N) is 1. The number of pyridine rings is 1. The van der Waals surface area contributed by atoms with Crippen LogP contribution in [0.5, 0.6) is 0 Å². The van der Waals surface area contributed by atoms with E-state index in [2.05, 4.69) is 17.2 Å². The minimum Gasteiger partial charge on any atom is -0.389 e. The summed E-state index contributed by atoms with van der Waals surface area (Å²) in [7, 11) is 0. The Morgan fingerprint density at radius 1 is 1.64 bits per heavy atom. The van der Waals surface area contributed by atoms with Gasteiger partial charge in [-0.3, -0.25) is 0 Å². The Balaban J connectivity index is 2.17. The van der Waals surface area contributed by atoms with Gasteiger partial charge in [0.05, 0.1) is 0 Å². The van der Waals surface area contributed by atoms with Gasteiger partial charge in [0.15, 0.2) is 0 Å². The Morgan fingerprint density at radius 3 is 2.93 bits per heavy atom. The van der Waals surface area contributed by atoms with Gasteiger partial charge in [-0.15, -0.1) is 0 Å². The standard InChI is InChI=1S/C10H13N3S/c1-10(3-4-10)13-8-6-7(9(11)14)2-5-12-8/h2,5-6H,3-4H2,1H3,(H2,11,14)(H,12,13). The Labute approximate surface area is 88.7 Å². The molecule has 1 aromatic heterocycles. The van der Waals surface area contributed by atoms with Crippen molar-refractivity contribution in [3.63, 3.8) is 0 Å². The maximum Gasteiger partial charge on any atom is 0.126 e. The van der Waals surface area contributed by atoms with E-state index in [0.29, 0.717) is 4.99 Å². The first-order valence-electron chi connectivity index (χ1n) is 4.63. The Hall–Kier alpha value is -1.16. The molecule has 0 unspecified atom stereocenters. The fourth-order valence-corrected chi connectivity index (χ4v) is 1.40. The van der Waals surface area contributed by atoms with E-state index in [1.807, 2.05) is 12.1 Å². The van der Waals surface area contributed by atoms with Crippen molar-refractivity contribution >= 4 is 23.0 Å². The third-order valence-electron chi connectivity index (χ3n) is 2.47. The maximum atomic E-state index is 5.54. The molecule has 1 heterocycles. The molecular weight excluding hydrogens is 194 g/mol. The summed E-state index contributed by atoms with van der Waals surface area (Å²) in [6.07, 6.45) is 4.13. The van der Waals surface area contributed by atoms with Crippen LogP contribution < -0.4 is 11.1 Å². The van der Waals surface area contributed by atoms with Crippen LogP contribution in [-0.4, -0.2) is 15.5 Å². The van der Waals surface area contributed by atoms with Gasteiger partial charge in [0.1, 0.15) is 10.8 Å². The van der Waals surface area contributed by atoms with Gasteiger partial charge < -0.3 is 11.1 Å². The van der Waals surface area contributed by atoms with E-state index in [-0.39, 0.29) is 5.54 Å². The van der Waals surface area contributed by atoms with E-state index < -0.39 is 0 Å². The summed E-state index contributed by atoms with van der Waals surface area (Å²) in [5, 5.41) is 3.36. The van der Waals surface area contributed by atoms with E-state index in [9.17, 15) is 0 Å². The largest absolute Gasteiger partial charge is 0.389 e.